The van der Waals surface area contributed by atoms with Crippen molar-refractivity contribution in [3.63, 3.8) is 0 Å². The minimum absolute atomic E-state index is 0.185. The first-order chi connectivity index (χ1) is 20.9. The van der Waals surface area contributed by atoms with Crippen LogP contribution in [-0.4, -0.2) is 91.0 Å². The smallest absolute Gasteiger partial charge is 0.319 e. The molecule has 0 spiro atoms. The predicted octanol–water partition coefficient (Wildman–Crippen LogP) is 3.63. The number of nitrogens with zero attached hydrogens (tertiary/aromatic N) is 6. The zero-order valence-corrected chi connectivity index (χ0v) is 25.3. The largest absolute Gasteiger partial charge is 0.497 e. The third-order valence-corrected chi connectivity index (χ3v) is 9.30. The van der Waals surface area contributed by atoms with Crippen molar-refractivity contribution >= 4 is 18.0 Å². The molecule has 43 heavy (non-hydrogen) atoms. The number of likely N-dealkylation sites (tertiary alicyclic amines) is 1. The van der Waals surface area contributed by atoms with Crippen molar-refractivity contribution < 1.29 is 19.1 Å². The summed E-state index contributed by atoms with van der Waals surface area (Å²) in [6.45, 7) is 6.50. The summed E-state index contributed by atoms with van der Waals surface area (Å²) in [4.78, 5) is 40.5. The van der Waals surface area contributed by atoms with Crippen LogP contribution in [0.4, 0.5) is 5.82 Å². The fraction of sp³-hybridized carbons (Fsp3) is 0.545. The number of methoxy groups -OCH3 is 1. The number of carbonyl (C=O) groups is 2. The van der Waals surface area contributed by atoms with Crippen LogP contribution in [0.1, 0.15) is 59.3 Å². The maximum absolute atomic E-state index is 12.5. The second-order valence-corrected chi connectivity index (χ2v) is 11.9. The van der Waals surface area contributed by atoms with E-state index in [4.69, 9.17) is 14.5 Å². The molecule has 2 saturated heterocycles. The van der Waals surface area contributed by atoms with Gasteiger partial charge in [0.25, 0.3) is 0 Å². The van der Waals surface area contributed by atoms with Crippen LogP contribution in [0.2, 0.25) is 0 Å². The van der Waals surface area contributed by atoms with Crippen LogP contribution < -0.4 is 14.4 Å². The molecule has 5 rings (SSSR count). The quantitative estimate of drug-likeness (QED) is 0.288. The Labute approximate surface area is 254 Å². The first kappa shape index (κ1) is 30.5. The van der Waals surface area contributed by atoms with Crippen molar-refractivity contribution in [1.29, 1.82) is 5.26 Å². The van der Waals surface area contributed by atoms with E-state index in [1.165, 1.54) is 17.2 Å². The summed E-state index contributed by atoms with van der Waals surface area (Å²) in [7, 11) is 3.78. The van der Waals surface area contributed by atoms with E-state index in [1.807, 2.05) is 6.07 Å². The molecule has 0 radical (unpaired) electrons. The lowest BCUT2D eigenvalue weighted by Gasteiger charge is -2.41. The van der Waals surface area contributed by atoms with E-state index in [0.29, 0.717) is 50.1 Å². The van der Waals surface area contributed by atoms with Crippen molar-refractivity contribution in [3.8, 4) is 17.8 Å². The second-order valence-electron chi connectivity index (χ2n) is 11.9. The van der Waals surface area contributed by atoms with Crippen molar-refractivity contribution in [2.24, 2.45) is 5.92 Å². The summed E-state index contributed by atoms with van der Waals surface area (Å²) < 4.78 is 11.6. The number of piperazine rings is 1. The van der Waals surface area contributed by atoms with Gasteiger partial charge >= 0.3 is 6.01 Å². The number of amides is 1. The number of ether oxygens (including phenoxy) is 2. The third kappa shape index (κ3) is 6.99. The molecule has 0 N–H and O–H groups in total. The monoisotopic (exact) mass is 586 g/mol. The Hall–Kier alpha value is -3.97. The molecule has 3 atom stereocenters. The zero-order chi connectivity index (χ0) is 30.3. The van der Waals surface area contributed by atoms with Gasteiger partial charge < -0.3 is 24.2 Å². The molecule has 1 amide bonds. The molecule has 3 heterocycles. The lowest BCUT2D eigenvalue weighted by Crippen LogP contribution is -2.55. The normalized spacial score (nSPS) is 22.0. The fourth-order valence-corrected chi connectivity index (χ4v) is 6.76. The first-order valence-electron chi connectivity index (χ1n) is 15.3. The predicted molar refractivity (Wildman–Crippen MR) is 164 cm³/mol. The van der Waals surface area contributed by atoms with Gasteiger partial charge in [-0.15, -0.1) is 0 Å². The van der Waals surface area contributed by atoms with Crippen molar-refractivity contribution in [2.45, 2.75) is 63.5 Å². The number of nitriles is 1. The van der Waals surface area contributed by atoms with Gasteiger partial charge in [-0.1, -0.05) is 12.6 Å². The number of aromatic nitrogens is 2. The lowest BCUT2D eigenvalue weighted by atomic mass is 9.81. The first-order valence-corrected chi connectivity index (χ1v) is 15.3. The molecular formula is C33H42N6O4. The van der Waals surface area contributed by atoms with Gasteiger partial charge in [0.2, 0.25) is 5.91 Å². The maximum atomic E-state index is 12.5. The molecule has 228 valence electrons. The Morgan fingerprint density at radius 1 is 1.19 bits per heavy atom. The molecular weight excluding hydrogens is 544 g/mol. The van der Waals surface area contributed by atoms with E-state index in [-0.39, 0.29) is 30.4 Å². The molecule has 2 aliphatic heterocycles. The summed E-state index contributed by atoms with van der Waals surface area (Å²) in [6, 6.07) is 8.72. The van der Waals surface area contributed by atoms with Gasteiger partial charge in [0, 0.05) is 31.2 Å². The van der Waals surface area contributed by atoms with E-state index in [2.05, 4.69) is 46.6 Å². The highest BCUT2D eigenvalue weighted by Crippen LogP contribution is 2.33. The summed E-state index contributed by atoms with van der Waals surface area (Å²) in [5.74, 6) is 1.81. The molecule has 0 saturated carbocycles. The Kier molecular flexibility index (Phi) is 9.93. The molecule has 10 heteroatoms. The lowest BCUT2D eigenvalue weighted by molar-refractivity contribution is -0.128. The van der Waals surface area contributed by atoms with Crippen LogP contribution >= 0.6 is 0 Å². The average molecular weight is 587 g/mol. The number of aryl methyl sites for hydroxylation is 1. The maximum Gasteiger partial charge on any atom is 0.319 e. The van der Waals surface area contributed by atoms with E-state index in [9.17, 15) is 14.9 Å². The number of benzene rings is 1. The van der Waals surface area contributed by atoms with Gasteiger partial charge in [-0.2, -0.15) is 15.2 Å². The van der Waals surface area contributed by atoms with E-state index in [0.717, 1.165) is 62.7 Å². The van der Waals surface area contributed by atoms with Crippen molar-refractivity contribution in [3.05, 3.63) is 53.2 Å². The summed E-state index contributed by atoms with van der Waals surface area (Å²) in [6.07, 6.45) is 9.06. The van der Waals surface area contributed by atoms with Gasteiger partial charge in [0.1, 0.15) is 23.9 Å². The van der Waals surface area contributed by atoms with Crippen LogP contribution in [-0.2, 0) is 24.1 Å². The molecule has 0 bridgehead atoms. The molecule has 2 aromatic rings. The van der Waals surface area contributed by atoms with Gasteiger partial charge in [-0.25, -0.2) is 0 Å². The molecule has 1 aliphatic carbocycles. The molecule has 2 unspecified atom stereocenters. The van der Waals surface area contributed by atoms with Crippen LogP contribution in [0.3, 0.4) is 0 Å². The number of hydrogen-bond donors (Lipinski definition) is 0. The number of rotatable bonds is 11. The van der Waals surface area contributed by atoms with Gasteiger partial charge in [0.15, 0.2) is 6.29 Å². The summed E-state index contributed by atoms with van der Waals surface area (Å²) in [5, 5.41) is 9.52. The van der Waals surface area contributed by atoms with Crippen molar-refractivity contribution in [1.82, 2.24) is 19.8 Å². The van der Waals surface area contributed by atoms with Crippen LogP contribution in [0.25, 0.3) is 0 Å². The van der Waals surface area contributed by atoms with E-state index >= 15 is 0 Å². The van der Waals surface area contributed by atoms with Crippen molar-refractivity contribution in [2.75, 3.05) is 51.8 Å². The summed E-state index contributed by atoms with van der Waals surface area (Å²) >= 11 is 0. The Bertz CT molecular complexity index is 1370. The number of hydrogen-bond acceptors (Lipinski definition) is 9. The highest BCUT2D eigenvalue weighted by Gasteiger charge is 2.32. The molecule has 2 fully saturated rings. The number of fused-ring (bicyclic) bond motifs is 1. The topological polar surface area (TPSA) is 112 Å². The Morgan fingerprint density at radius 2 is 2.05 bits per heavy atom. The van der Waals surface area contributed by atoms with Crippen LogP contribution in [0.5, 0.6) is 11.8 Å². The number of anilines is 1. The molecule has 1 aromatic carbocycles. The molecule has 10 nitrogen and oxygen atoms in total. The van der Waals surface area contributed by atoms with Crippen LogP contribution in [0, 0.1) is 17.2 Å². The van der Waals surface area contributed by atoms with Gasteiger partial charge in [-0.3, -0.25) is 9.59 Å². The standard InChI is InChI=1S/C33H42N6O4/c1-4-31(41)39-17-16-38(20-26(39)13-14-34)32-29(12-8-23-7-9-24-10-11-28(42-3)19-25(24)18-23)30(21-40)35-33(36-32)43-22-27-6-5-15-37(27)2/h4,10-11,19,21,23,26-27H,1,5-9,12-13,15-18,20,22H2,2-3H3/t23-,26?,27?/m1/s1. The minimum atomic E-state index is -0.312. The van der Waals surface area contributed by atoms with E-state index in [1.54, 1.807) is 12.0 Å². The highest BCUT2D eigenvalue weighted by molar-refractivity contribution is 5.87. The Morgan fingerprint density at radius 3 is 2.77 bits per heavy atom. The van der Waals surface area contributed by atoms with E-state index < -0.39 is 0 Å². The molecule has 1 aromatic heterocycles. The molecule has 3 aliphatic rings. The number of likely N-dealkylation sites (N-methyl/N-ethyl adjacent to an activating group) is 1. The minimum Gasteiger partial charge on any atom is -0.497 e. The number of aldehydes is 1. The Balaban J connectivity index is 1.40. The van der Waals surface area contributed by atoms with Crippen LogP contribution in [0.15, 0.2) is 30.9 Å². The fourth-order valence-electron chi connectivity index (χ4n) is 6.76. The second kappa shape index (κ2) is 14.0. The highest BCUT2D eigenvalue weighted by atomic mass is 16.5. The third-order valence-electron chi connectivity index (χ3n) is 9.30. The van der Waals surface area contributed by atoms with Gasteiger partial charge in [-0.05, 0) is 93.8 Å². The average Bonchev–Trinajstić information content (AvgIpc) is 3.46. The zero-order valence-electron chi connectivity index (χ0n) is 25.3. The summed E-state index contributed by atoms with van der Waals surface area (Å²) in [5.41, 5.74) is 3.85. The SMILES string of the molecule is C=CC(=O)N1CCN(c2nc(OCC3CCCN3C)nc(C=O)c2CC[C@H]2CCc3ccc(OC)cc3C2)CC1CC#N. The number of carbonyl (C=O) groups excluding carboxylic acids is 2. The van der Waals surface area contributed by atoms with Gasteiger partial charge in [0.05, 0.1) is 25.6 Å².